The van der Waals surface area contributed by atoms with Crippen molar-refractivity contribution in [2.75, 3.05) is 0 Å². The lowest BCUT2D eigenvalue weighted by Gasteiger charge is -2.32. The van der Waals surface area contributed by atoms with Gasteiger partial charge in [0.2, 0.25) is 0 Å². The average molecular weight is 380 g/mol. The van der Waals surface area contributed by atoms with Gasteiger partial charge in [-0.05, 0) is 53.3 Å². The van der Waals surface area contributed by atoms with E-state index in [9.17, 15) is 4.79 Å². The van der Waals surface area contributed by atoms with Crippen molar-refractivity contribution in [3.63, 3.8) is 0 Å². The van der Waals surface area contributed by atoms with E-state index in [0.29, 0.717) is 18.8 Å². The van der Waals surface area contributed by atoms with Crippen molar-refractivity contribution in [1.29, 1.82) is 0 Å². The summed E-state index contributed by atoms with van der Waals surface area (Å²) >= 11 is 6.04. The van der Waals surface area contributed by atoms with Crippen LogP contribution in [-0.2, 0) is 24.2 Å². The topological polar surface area (TPSA) is 53.2 Å². The number of nitrogens with one attached hydrogen (secondary N) is 3. The monoisotopic (exact) mass is 379 g/mol. The van der Waals surface area contributed by atoms with Crippen LogP contribution < -0.4 is 16.0 Å². The normalized spacial score (nSPS) is 20.8. The van der Waals surface area contributed by atoms with E-state index < -0.39 is 5.54 Å². The first-order valence-electron chi connectivity index (χ1n) is 9.03. The Morgan fingerprint density at radius 2 is 2.07 bits per heavy atom. The molecule has 0 radical (unpaired) electrons. The van der Waals surface area contributed by atoms with Crippen molar-refractivity contribution in [3.05, 3.63) is 88.7 Å². The minimum Gasteiger partial charge on any atom is -0.381 e. The highest BCUT2D eigenvalue weighted by Crippen LogP contribution is 2.33. The maximum atomic E-state index is 12.3. The zero-order valence-electron chi connectivity index (χ0n) is 15.1. The number of carbonyl (C=O) groups excluding carboxylic acids is 1. The third-order valence-corrected chi connectivity index (χ3v) is 5.59. The predicted molar refractivity (Wildman–Crippen MR) is 109 cm³/mol. The number of rotatable bonds is 4. The van der Waals surface area contributed by atoms with E-state index in [4.69, 9.17) is 11.6 Å². The molecule has 5 heteroatoms. The molecule has 3 N–H and O–H groups in total. The van der Waals surface area contributed by atoms with E-state index in [0.717, 1.165) is 34.7 Å². The van der Waals surface area contributed by atoms with Crippen molar-refractivity contribution in [1.82, 2.24) is 16.0 Å². The summed E-state index contributed by atoms with van der Waals surface area (Å²) in [5.74, 6) is 0.619. The van der Waals surface area contributed by atoms with Crippen molar-refractivity contribution in [2.24, 2.45) is 0 Å². The van der Waals surface area contributed by atoms with Gasteiger partial charge >= 0.3 is 0 Å². The van der Waals surface area contributed by atoms with Gasteiger partial charge in [-0.2, -0.15) is 0 Å². The molecule has 1 fully saturated rings. The fourth-order valence-electron chi connectivity index (χ4n) is 3.87. The van der Waals surface area contributed by atoms with Crippen LogP contribution in [0.15, 0.2) is 61.4 Å². The van der Waals surface area contributed by atoms with Crippen LogP contribution in [0.3, 0.4) is 0 Å². The quantitative estimate of drug-likeness (QED) is 0.761. The van der Waals surface area contributed by atoms with Gasteiger partial charge in [0.25, 0.3) is 5.91 Å². The van der Waals surface area contributed by atoms with Crippen molar-refractivity contribution < 1.29 is 4.79 Å². The second kappa shape index (κ2) is 6.78. The molecule has 1 heterocycles. The van der Waals surface area contributed by atoms with Crippen LogP contribution >= 0.6 is 11.6 Å². The molecule has 138 valence electrons. The Morgan fingerprint density at radius 3 is 2.81 bits per heavy atom. The molecule has 2 aromatic carbocycles. The minimum absolute atomic E-state index is 0.0230. The highest BCUT2D eigenvalue weighted by molar-refractivity contribution is 6.30. The standard InChI is InChI=1S/C22H22ClN3O/c1-14(24-13-16-4-3-5-20(23)10-16)17-6-7-19-12-22(9-8-18(19)11-17)21(27)25-15(2)26-22/h3-7,10-11,24,26H,1-2,8-9,12-13H2,(H,25,27). The maximum Gasteiger partial charge on any atom is 0.251 e. The molecule has 4 rings (SSSR count). The van der Waals surface area contributed by atoms with Crippen LogP contribution in [0, 0.1) is 0 Å². The third-order valence-electron chi connectivity index (χ3n) is 5.35. The summed E-state index contributed by atoms with van der Waals surface area (Å²) in [6, 6.07) is 14.1. The molecule has 2 aromatic rings. The van der Waals surface area contributed by atoms with E-state index in [1.807, 2.05) is 24.3 Å². The molecule has 1 aliphatic heterocycles. The number of amides is 1. The number of halogens is 1. The van der Waals surface area contributed by atoms with Crippen LogP contribution in [0.4, 0.5) is 0 Å². The van der Waals surface area contributed by atoms with Gasteiger partial charge in [-0.1, -0.05) is 49.0 Å². The first kappa shape index (κ1) is 17.7. The lowest BCUT2D eigenvalue weighted by molar-refractivity contribution is -0.124. The molecular formula is C22H22ClN3O. The molecule has 4 nitrogen and oxygen atoms in total. The highest BCUT2D eigenvalue weighted by atomic mass is 35.5. The molecule has 1 saturated heterocycles. The van der Waals surface area contributed by atoms with Gasteiger partial charge in [-0.3, -0.25) is 4.79 Å². The summed E-state index contributed by atoms with van der Waals surface area (Å²) in [5.41, 5.74) is 4.99. The first-order valence-corrected chi connectivity index (χ1v) is 9.41. The molecule has 0 saturated carbocycles. The number of aryl methyl sites for hydroxylation is 1. The molecule has 27 heavy (non-hydrogen) atoms. The Morgan fingerprint density at radius 1 is 1.22 bits per heavy atom. The fraction of sp³-hybridized carbons (Fsp3) is 0.227. The van der Waals surface area contributed by atoms with E-state index in [-0.39, 0.29) is 5.91 Å². The Hall–Kier alpha value is -2.72. The van der Waals surface area contributed by atoms with Gasteiger partial charge in [0, 0.05) is 23.7 Å². The molecule has 0 aromatic heterocycles. The van der Waals surface area contributed by atoms with E-state index in [2.05, 4.69) is 47.3 Å². The first-order chi connectivity index (χ1) is 12.9. The maximum absolute atomic E-state index is 12.3. The van der Waals surface area contributed by atoms with Crippen molar-refractivity contribution in [3.8, 4) is 0 Å². The van der Waals surface area contributed by atoms with Crippen LogP contribution in [0.25, 0.3) is 5.70 Å². The molecule has 1 amide bonds. The summed E-state index contributed by atoms with van der Waals surface area (Å²) in [4.78, 5) is 12.3. The van der Waals surface area contributed by atoms with Gasteiger partial charge in [0.1, 0.15) is 5.54 Å². The van der Waals surface area contributed by atoms with E-state index in [1.165, 1.54) is 11.1 Å². The van der Waals surface area contributed by atoms with Crippen molar-refractivity contribution in [2.45, 2.75) is 31.3 Å². The molecule has 1 aliphatic carbocycles. The summed E-state index contributed by atoms with van der Waals surface area (Å²) in [6.07, 6.45) is 2.28. The van der Waals surface area contributed by atoms with Gasteiger partial charge in [-0.25, -0.2) is 0 Å². The SMILES string of the molecule is C=C1NC(=O)C2(CCc3cc(C(=C)NCc4cccc(Cl)c4)ccc3C2)N1. The molecule has 1 spiro atoms. The average Bonchev–Trinajstić information content (AvgIpc) is 2.92. The Balaban J connectivity index is 1.47. The fourth-order valence-corrected chi connectivity index (χ4v) is 4.09. The van der Waals surface area contributed by atoms with Crippen LogP contribution in [0.1, 0.15) is 28.7 Å². The lowest BCUT2D eigenvalue weighted by atomic mass is 9.77. The third kappa shape index (κ3) is 3.45. The Bertz CT molecular complexity index is 952. The zero-order valence-corrected chi connectivity index (χ0v) is 15.8. The van der Waals surface area contributed by atoms with Crippen LogP contribution in [-0.4, -0.2) is 11.4 Å². The number of carbonyl (C=O) groups is 1. The van der Waals surface area contributed by atoms with Gasteiger partial charge in [-0.15, -0.1) is 0 Å². The Labute approximate surface area is 164 Å². The zero-order chi connectivity index (χ0) is 19.0. The van der Waals surface area contributed by atoms with E-state index >= 15 is 0 Å². The highest BCUT2D eigenvalue weighted by Gasteiger charge is 2.45. The second-order valence-electron chi connectivity index (χ2n) is 7.26. The minimum atomic E-state index is -0.548. The number of benzene rings is 2. The number of hydrogen-bond acceptors (Lipinski definition) is 3. The summed E-state index contributed by atoms with van der Waals surface area (Å²) in [7, 11) is 0. The van der Waals surface area contributed by atoms with Crippen molar-refractivity contribution >= 4 is 23.2 Å². The van der Waals surface area contributed by atoms with Crippen LogP contribution in [0.2, 0.25) is 5.02 Å². The smallest absolute Gasteiger partial charge is 0.251 e. The lowest BCUT2D eigenvalue weighted by Crippen LogP contribution is -2.50. The van der Waals surface area contributed by atoms with E-state index in [1.54, 1.807) is 0 Å². The Kier molecular flexibility index (Phi) is 4.44. The molecular weight excluding hydrogens is 358 g/mol. The van der Waals surface area contributed by atoms with Crippen LogP contribution in [0.5, 0.6) is 0 Å². The number of fused-ring (bicyclic) bond motifs is 1. The molecule has 1 unspecified atom stereocenters. The largest absolute Gasteiger partial charge is 0.381 e. The van der Waals surface area contributed by atoms with Gasteiger partial charge < -0.3 is 16.0 Å². The molecule has 0 bridgehead atoms. The molecule has 2 aliphatic rings. The summed E-state index contributed by atoms with van der Waals surface area (Å²) in [5, 5.41) is 10.1. The predicted octanol–water partition coefficient (Wildman–Crippen LogP) is 3.52. The summed E-state index contributed by atoms with van der Waals surface area (Å²) < 4.78 is 0. The summed E-state index contributed by atoms with van der Waals surface area (Å²) in [6.45, 7) is 8.67. The van der Waals surface area contributed by atoms with Gasteiger partial charge in [0.05, 0.1) is 5.82 Å². The number of hydrogen-bond donors (Lipinski definition) is 3. The van der Waals surface area contributed by atoms with Gasteiger partial charge in [0.15, 0.2) is 0 Å². The molecule has 1 atom stereocenters. The second-order valence-corrected chi connectivity index (χ2v) is 7.70.